The van der Waals surface area contributed by atoms with Gasteiger partial charge in [-0.1, -0.05) is 31.4 Å². The van der Waals surface area contributed by atoms with Gasteiger partial charge in [-0.2, -0.15) is 0 Å². The first-order valence-corrected chi connectivity index (χ1v) is 6.26. The van der Waals surface area contributed by atoms with Gasteiger partial charge in [0.15, 0.2) is 5.78 Å². The van der Waals surface area contributed by atoms with Crippen LogP contribution in [0.4, 0.5) is 0 Å². The molecule has 0 aliphatic rings. The van der Waals surface area contributed by atoms with Crippen molar-refractivity contribution >= 4 is 11.4 Å². The van der Waals surface area contributed by atoms with Gasteiger partial charge < -0.3 is 4.57 Å². The summed E-state index contributed by atoms with van der Waals surface area (Å²) in [6.45, 7) is 9.00. The Balaban J connectivity index is 2.33. The number of allylic oxidation sites excluding steroid dienone is 4. The van der Waals surface area contributed by atoms with Crippen molar-refractivity contribution in [3.63, 3.8) is 0 Å². The van der Waals surface area contributed by atoms with Gasteiger partial charge in [0.1, 0.15) is 0 Å². The lowest BCUT2D eigenvalue weighted by molar-refractivity contribution is 0.101. The third kappa shape index (κ3) is 2.83. The number of aromatic nitrogens is 2. The van der Waals surface area contributed by atoms with E-state index >= 15 is 0 Å². The summed E-state index contributed by atoms with van der Waals surface area (Å²) in [6.07, 6.45) is 8.96. The Labute approximate surface area is 118 Å². The van der Waals surface area contributed by atoms with Crippen LogP contribution in [0.1, 0.15) is 23.0 Å². The lowest BCUT2D eigenvalue weighted by atomic mass is 10.1. The van der Waals surface area contributed by atoms with E-state index in [1.165, 1.54) is 0 Å². The number of hydrogen-bond acceptors (Lipinski definition) is 2. The fraction of sp³-hybridized carbons (Fsp3) is 0.0588. The summed E-state index contributed by atoms with van der Waals surface area (Å²) in [5.41, 5.74) is 3.40. The number of carbonyl (C=O) groups excluding carboxylic acids is 1. The molecule has 0 bridgehead atoms. The molecule has 0 fully saturated rings. The van der Waals surface area contributed by atoms with Gasteiger partial charge in [-0.25, -0.2) is 4.98 Å². The van der Waals surface area contributed by atoms with Gasteiger partial charge in [-0.3, -0.25) is 4.79 Å². The molecule has 3 nitrogen and oxygen atoms in total. The van der Waals surface area contributed by atoms with E-state index in [1.54, 1.807) is 25.4 Å². The molecule has 1 aromatic carbocycles. The monoisotopic (exact) mass is 264 g/mol. The van der Waals surface area contributed by atoms with E-state index in [1.807, 2.05) is 41.1 Å². The minimum absolute atomic E-state index is 0.0609. The van der Waals surface area contributed by atoms with Crippen molar-refractivity contribution in [2.75, 3.05) is 0 Å². The van der Waals surface area contributed by atoms with Crippen LogP contribution in [-0.2, 0) is 0 Å². The highest BCUT2D eigenvalue weighted by atomic mass is 16.1. The summed E-state index contributed by atoms with van der Waals surface area (Å²) in [4.78, 5) is 15.6. The van der Waals surface area contributed by atoms with Gasteiger partial charge in [-0.15, -0.1) is 0 Å². The third-order valence-corrected chi connectivity index (χ3v) is 2.97. The second-order valence-electron chi connectivity index (χ2n) is 4.33. The topological polar surface area (TPSA) is 34.9 Å². The molecule has 1 heterocycles. The summed E-state index contributed by atoms with van der Waals surface area (Å²) in [7, 11) is 0. The Kier molecular flexibility index (Phi) is 4.11. The molecule has 0 aliphatic carbocycles. The zero-order valence-corrected chi connectivity index (χ0v) is 11.4. The smallest absolute Gasteiger partial charge is 0.159 e. The molecular weight excluding hydrogens is 248 g/mol. The van der Waals surface area contributed by atoms with Crippen LogP contribution >= 0.6 is 0 Å². The van der Waals surface area contributed by atoms with Crippen LogP contribution in [0.2, 0.25) is 0 Å². The molecule has 2 rings (SSSR count). The minimum atomic E-state index is 0.0609. The van der Waals surface area contributed by atoms with Crippen molar-refractivity contribution in [3.05, 3.63) is 79.4 Å². The number of ketones is 1. The number of imidazole rings is 1. The molecule has 0 saturated heterocycles. The molecule has 0 atom stereocenters. The normalized spacial score (nSPS) is 11.2. The molecule has 0 N–H and O–H groups in total. The molecule has 20 heavy (non-hydrogen) atoms. The predicted molar refractivity (Wildman–Crippen MR) is 81.9 cm³/mol. The van der Waals surface area contributed by atoms with E-state index in [4.69, 9.17) is 0 Å². The molecule has 0 saturated carbocycles. The Hall–Kier alpha value is -2.68. The maximum atomic E-state index is 11.3. The molecule has 1 aromatic heterocycles. The summed E-state index contributed by atoms with van der Waals surface area (Å²) < 4.78 is 1.90. The molecule has 0 radical (unpaired) electrons. The highest BCUT2D eigenvalue weighted by Crippen LogP contribution is 2.16. The number of rotatable bonds is 5. The molecule has 0 spiro atoms. The van der Waals surface area contributed by atoms with Gasteiger partial charge in [0, 0.05) is 23.0 Å². The minimum Gasteiger partial charge on any atom is -0.306 e. The van der Waals surface area contributed by atoms with Crippen LogP contribution in [0.15, 0.2) is 68.2 Å². The zero-order valence-electron chi connectivity index (χ0n) is 11.4. The lowest BCUT2D eigenvalue weighted by Gasteiger charge is -2.02. The molecule has 0 amide bonds. The number of nitrogens with zero attached hydrogens (tertiary/aromatic N) is 2. The molecule has 2 aromatic rings. The van der Waals surface area contributed by atoms with E-state index in [-0.39, 0.29) is 5.78 Å². The average Bonchev–Trinajstić information content (AvgIpc) is 2.94. The number of benzene rings is 1. The largest absolute Gasteiger partial charge is 0.306 e. The Bertz CT molecular complexity index is 675. The molecule has 0 unspecified atom stereocenters. The maximum absolute atomic E-state index is 11.3. The van der Waals surface area contributed by atoms with Crippen molar-refractivity contribution in [3.8, 4) is 5.69 Å². The summed E-state index contributed by atoms with van der Waals surface area (Å²) in [5, 5.41) is 0. The molecule has 100 valence electrons. The first-order chi connectivity index (χ1) is 9.65. The van der Waals surface area contributed by atoms with Gasteiger partial charge in [0.05, 0.1) is 12.0 Å². The first-order valence-electron chi connectivity index (χ1n) is 6.26. The van der Waals surface area contributed by atoms with Crippen LogP contribution < -0.4 is 0 Å². The van der Waals surface area contributed by atoms with Crippen LogP contribution in [0, 0.1) is 0 Å². The van der Waals surface area contributed by atoms with Crippen molar-refractivity contribution in [1.82, 2.24) is 9.55 Å². The predicted octanol–water partition coefficient (Wildman–Crippen LogP) is 3.83. The molecule has 0 aliphatic heterocycles. The third-order valence-electron chi connectivity index (χ3n) is 2.97. The van der Waals surface area contributed by atoms with Gasteiger partial charge in [-0.05, 0) is 31.2 Å². The summed E-state index contributed by atoms with van der Waals surface area (Å²) >= 11 is 0. The second-order valence-corrected chi connectivity index (χ2v) is 4.33. The molecular formula is C17H16N2O. The van der Waals surface area contributed by atoms with Crippen molar-refractivity contribution < 1.29 is 4.79 Å². The quantitative estimate of drug-likeness (QED) is 0.607. The highest BCUT2D eigenvalue weighted by Gasteiger charge is 2.04. The van der Waals surface area contributed by atoms with Crippen molar-refractivity contribution in [2.24, 2.45) is 0 Å². The fourth-order valence-corrected chi connectivity index (χ4v) is 1.87. The van der Waals surface area contributed by atoms with E-state index in [2.05, 4.69) is 18.1 Å². The summed E-state index contributed by atoms with van der Waals surface area (Å²) in [5.74, 6) is 0.0609. The Morgan fingerprint density at radius 1 is 1.25 bits per heavy atom. The second kappa shape index (κ2) is 5.97. The maximum Gasteiger partial charge on any atom is 0.159 e. The van der Waals surface area contributed by atoms with E-state index < -0.39 is 0 Å². The van der Waals surface area contributed by atoms with Crippen LogP contribution in [0.25, 0.3) is 11.3 Å². The van der Waals surface area contributed by atoms with E-state index in [0.29, 0.717) is 5.56 Å². The van der Waals surface area contributed by atoms with Crippen LogP contribution in [0.3, 0.4) is 0 Å². The van der Waals surface area contributed by atoms with E-state index in [0.717, 1.165) is 17.0 Å². The molecule has 3 heteroatoms. The number of carbonyl (C=O) groups is 1. The number of hydrogen-bond donors (Lipinski definition) is 0. The SMILES string of the molecule is C=C/C=C(\C=C)c1cn(-c2ccc(C(C)=O)cc2)cn1. The highest BCUT2D eigenvalue weighted by molar-refractivity contribution is 5.94. The van der Waals surface area contributed by atoms with Crippen LogP contribution in [-0.4, -0.2) is 15.3 Å². The van der Waals surface area contributed by atoms with Crippen molar-refractivity contribution in [2.45, 2.75) is 6.92 Å². The summed E-state index contributed by atoms with van der Waals surface area (Å²) in [6, 6.07) is 7.41. The van der Waals surface area contributed by atoms with Gasteiger partial charge in [0.25, 0.3) is 0 Å². The Morgan fingerprint density at radius 2 is 1.95 bits per heavy atom. The Morgan fingerprint density at radius 3 is 2.50 bits per heavy atom. The van der Waals surface area contributed by atoms with Gasteiger partial charge >= 0.3 is 0 Å². The lowest BCUT2D eigenvalue weighted by Crippen LogP contribution is -1.94. The number of Topliss-reactive ketones (excluding diaryl/α,β-unsaturated/α-hetero) is 1. The first kappa shape index (κ1) is 13.7. The van der Waals surface area contributed by atoms with Crippen molar-refractivity contribution in [1.29, 1.82) is 0 Å². The fourth-order valence-electron chi connectivity index (χ4n) is 1.87. The van der Waals surface area contributed by atoms with Crippen LogP contribution in [0.5, 0.6) is 0 Å². The van der Waals surface area contributed by atoms with Gasteiger partial charge in [0.2, 0.25) is 0 Å². The average molecular weight is 264 g/mol. The standard InChI is InChI=1S/C17H16N2O/c1-4-6-14(5-2)17-11-19(12-18-17)16-9-7-15(8-10-16)13(3)20/h4-12H,1-2H2,3H3/b14-6+. The zero-order chi connectivity index (χ0) is 14.5. The van der Waals surface area contributed by atoms with E-state index in [9.17, 15) is 4.79 Å².